The van der Waals surface area contributed by atoms with Crippen molar-refractivity contribution in [3.8, 4) is 11.5 Å². The highest BCUT2D eigenvalue weighted by molar-refractivity contribution is 8.13. The van der Waals surface area contributed by atoms with E-state index in [4.69, 9.17) is 9.47 Å². The molecule has 0 aliphatic carbocycles. The minimum atomic E-state index is 0.557. The van der Waals surface area contributed by atoms with Crippen molar-refractivity contribution in [2.75, 3.05) is 19.8 Å². The average Bonchev–Trinajstić information content (AvgIpc) is 2.88. The van der Waals surface area contributed by atoms with Gasteiger partial charge >= 0.3 is 0 Å². The molecule has 0 spiro atoms. The van der Waals surface area contributed by atoms with Crippen LogP contribution < -0.4 is 9.47 Å². The fourth-order valence-corrected chi connectivity index (χ4v) is 2.86. The lowest BCUT2D eigenvalue weighted by Crippen LogP contribution is -2.30. The number of ether oxygens (including phenoxy) is 2. The second-order valence-electron chi connectivity index (χ2n) is 4.55. The van der Waals surface area contributed by atoms with Gasteiger partial charge in [-0.2, -0.15) is 14.5 Å². The first-order valence-corrected chi connectivity index (χ1v) is 7.12. The molecule has 0 saturated heterocycles. The highest BCUT2D eigenvalue weighted by Crippen LogP contribution is 2.32. The van der Waals surface area contributed by atoms with Gasteiger partial charge in [-0.25, -0.2) is 0 Å². The summed E-state index contributed by atoms with van der Waals surface area (Å²) in [5, 5.41) is 7.23. The van der Waals surface area contributed by atoms with Crippen molar-refractivity contribution in [1.29, 1.82) is 0 Å². The van der Waals surface area contributed by atoms with Gasteiger partial charge in [0.1, 0.15) is 19.0 Å². The summed E-state index contributed by atoms with van der Waals surface area (Å²) in [5.41, 5.74) is 1.91. The zero-order chi connectivity index (χ0) is 13.5. The van der Waals surface area contributed by atoms with Gasteiger partial charge in [0, 0.05) is 5.56 Å². The minimum Gasteiger partial charge on any atom is -0.486 e. The smallest absolute Gasteiger partial charge is 0.209 e. The van der Waals surface area contributed by atoms with Gasteiger partial charge in [-0.15, -0.1) is 0 Å². The summed E-state index contributed by atoms with van der Waals surface area (Å²) in [6.07, 6.45) is 0. The molecule has 0 saturated carbocycles. The van der Waals surface area contributed by atoms with E-state index in [-0.39, 0.29) is 0 Å². The van der Waals surface area contributed by atoms with E-state index in [0.29, 0.717) is 19.8 Å². The predicted molar refractivity (Wildman–Crippen MR) is 78.8 cm³/mol. The molecule has 4 rings (SSSR count). The summed E-state index contributed by atoms with van der Waals surface area (Å²) < 4.78 is 15.4. The van der Waals surface area contributed by atoms with E-state index in [1.807, 2.05) is 25.1 Å². The van der Waals surface area contributed by atoms with E-state index in [0.717, 1.165) is 33.8 Å². The lowest BCUT2D eigenvalue weighted by atomic mass is 10.1. The first kappa shape index (κ1) is 11.8. The summed E-state index contributed by atoms with van der Waals surface area (Å²) in [6, 6.07) is 5.87. The number of rotatable bonds is 1. The monoisotopic (exact) mass is 288 g/mol. The van der Waals surface area contributed by atoms with Gasteiger partial charge in [0.25, 0.3) is 0 Å². The molecule has 0 bridgehead atoms. The van der Waals surface area contributed by atoms with E-state index >= 15 is 0 Å². The second-order valence-corrected chi connectivity index (χ2v) is 5.28. The van der Waals surface area contributed by atoms with Crippen molar-refractivity contribution >= 4 is 28.7 Å². The highest BCUT2D eigenvalue weighted by Gasteiger charge is 2.26. The van der Waals surface area contributed by atoms with Crippen LogP contribution in [-0.4, -0.2) is 41.5 Å². The van der Waals surface area contributed by atoms with Crippen LogP contribution in [0.3, 0.4) is 0 Å². The van der Waals surface area contributed by atoms with Gasteiger partial charge in [0.05, 0.1) is 24.2 Å². The van der Waals surface area contributed by atoms with Gasteiger partial charge < -0.3 is 9.47 Å². The molecule has 102 valence electrons. The van der Waals surface area contributed by atoms with Crippen molar-refractivity contribution in [2.24, 2.45) is 14.5 Å². The van der Waals surface area contributed by atoms with Crippen molar-refractivity contribution < 1.29 is 9.47 Å². The Morgan fingerprint density at radius 3 is 2.95 bits per heavy atom. The first-order valence-electron chi connectivity index (χ1n) is 6.35. The lowest BCUT2D eigenvalue weighted by Gasteiger charge is -2.21. The van der Waals surface area contributed by atoms with Crippen LogP contribution >= 0.6 is 11.9 Å². The Morgan fingerprint density at radius 1 is 1.20 bits per heavy atom. The number of hydrazone groups is 1. The third-order valence-corrected chi connectivity index (χ3v) is 4.03. The van der Waals surface area contributed by atoms with E-state index < -0.39 is 0 Å². The summed E-state index contributed by atoms with van der Waals surface area (Å²) in [4.78, 5) is 4.50. The molecular weight excluding hydrogens is 276 g/mol. The maximum Gasteiger partial charge on any atom is 0.209 e. The quantitative estimate of drug-likeness (QED) is 0.741. The van der Waals surface area contributed by atoms with E-state index in [9.17, 15) is 0 Å². The molecule has 3 heterocycles. The van der Waals surface area contributed by atoms with Crippen LogP contribution in [0, 0.1) is 0 Å². The number of fused-ring (bicyclic) bond motifs is 2. The Bertz CT molecular complexity index is 668. The minimum absolute atomic E-state index is 0.557. The summed E-state index contributed by atoms with van der Waals surface area (Å²) in [7, 11) is 0. The maximum absolute atomic E-state index is 5.61. The summed E-state index contributed by atoms with van der Waals surface area (Å²) in [5.74, 6) is 2.41. The standard InChI is InChI=1S/C13H12N4O2S/c1-8-16-20-13-14-7-10(15-17(8)13)9-2-3-11-12(6-9)19-5-4-18-11/h2-3,6H,4-5,7H2,1H3. The molecule has 0 fully saturated rings. The summed E-state index contributed by atoms with van der Waals surface area (Å²) in [6.45, 7) is 3.66. The van der Waals surface area contributed by atoms with Crippen molar-refractivity contribution in [3.63, 3.8) is 0 Å². The Labute approximate surface area is 120 Å². The Kier molecular flexibility index (Phi) is 2.66. The fraction of sp³-hybridized carbons (Fsp3) is 0.308. The van der Waals surface area contributed by atoms with Crippen LogP contribution in [0.25, 0.3) is 0 Å². The number of hydrogen-bond donors (Lipinski definition) is 0. The second kappa shape index (κ2) is 4.52. The molecule has 0 radical (unpaired) electrons. The van der Waals surface area contributed by atoms with Crippen LogP contribution in [0.1, 0.15) is 12.5 Å². The maximum atomic E-state index is 5.61. The number of nitrogens with zero attached hydrogens (tertiary/aromatic N) is 4. The van der Waals surface area contributed by atoms with Gasteiger partial charge in [0.15, 0.2) is 11.5 Å². The molecule has 0 N–H and O–H groups in total. The number of benzene rings is 1. The third-order valence-electron chi connectivity index (χ3n) is 3.21. The molecule has 6 nitrogen and oxygen atoms in total. The molecular formula is C13H12N4O2S. The molecule has 1 aromatic rings. The van der Waals surface area contributed by atoms with Crippen LogP contribution in [0.4, 0.5) is 0 Å². The van der Waals surface area contributed by atoms with Crippen LogP contribution in [0.2, 0.25) is 0 Å². The number of amidine groups is 2. The predicted octanol–water partition coefficient (Wildman–Crippen LogP) is 1.91. The molecule has 0 aromatic heterocycles. The molecule has 1 aromatic carbocycles. The number of hydrogen-bond acceptors (Lipinski definition) is 7. The third kappa shape index (κ3) is 1.85. The van der Waals surface area contributed by atoms with Crippen LogP contribution in [0.5, 0.6) is 11.5 Å². The zero-order valence-electron chi connectivity index (χ0n) is 10.9. The molecule has 7 heteroatoms. The zero-order valence-corrected chi connectivity index (χ0v) is 11.7. The molecule has 0 unspecified atom stereocenters. The van der Waals surface area contributed by atoms with Gasteiger partial charge in [-0.05, 0) is 25.1 Å². The van der Waals surface area contributed by atoms with E-state index in [2.05, 4.69) is 14.5 Å². The lowest BCUT2D eigenvalue weighted by molar-refractivity contribution is 0.171. The van der Waals surface area contributed by atoms with Gasteiger partial charge in [0.2, 0.25) is 5.17 Å². The Morgan fingerprint density at radius 2 is 2.05 bits per heavy atom. The fourth-order valence-electron chi connectivity index (χ4n) is 2.20. The molecule has 3 aliphatic heterocycles. The van der Waals surface area contributed by atoms with E-state index in [1.54, 1.807) is 5.01 Å². The SMILES string of the molecule is CC1=NSC2=NCC(c3ccc4c(c3)OCCO4)=NN12. The molecule has 3 aliphatic rings. The Hall–Kier alpha value is -2.02. The molecule has 0 atom stereocenters. The van der Waals surface area contributed by atoms with Crippen molar-refractivity contribution in [1.82, 2.24) is 5.01 Å². The normalized spacial score (nSPS) is 20.1. The number of aliphatic imine (C=N–C) groups is 1. The average molecular weight is 288 g/mol. The largest absolute Gasteiger partial charge is 0.486 e. The first-order chi connectivity index (χ1) is 9.81. The Balaban J connectivity index is 1.68. The molecule has 20 heavy (non-hydrogen) atoms. The van der Waals surface area contributed by atoms with Crippen molar-refractivity contribution in [3.05, 3.63) is 23.8 Å². The van der Waals surface area contributed by atoms with Gasteiger partial charge in [-0.3, -0.25) is 4.99 Å². The van der Waals surface area contributed by atoms with Crippen LogP contribution in [-0.2, 0) is 0 Å². The topological polar surface area (TPSA) is 58.8 Å². The van der Waals surface area contributed by atoms with E-state index in [1.165, 1.54) is 11.9 Å². The summed E-state index contributed by atoms with van der Waals surface area (Å²) >= 11 is 1.37. The van der Waals surface area contributed by atoms with Crippen LogP contribution in [0.15, 0.2) is 32.7 Å². The molecule has 0 amide bonds. The highest BCUT2D eigenvalue weighted by atomic mass is 32.2. The van der Waals surface area contributed by atoms with Crippen molar-refractivity contribution in [2.45, 2.75) is 6.92 Å². The van der Waals surface area contributed by atoms with Gasteiger partial charge in [-0.1, -0.05) is 0 Å².